The molecule has 0 unspecified atom stereocenters. The maximum absolute atomic E-state index is 11.3. The number of benzene rings is 1. The summed E-state index contributed by atoms with van der Waals surface area (Å²) in [5.74, 6) is 1.22. The first-order valence-corrected chi connectivity index (χ1v) is 5.79. The van der Waals surface area contributed by atoms with Crippen LogP contribution >= 0.6 is 11.8 Å². The molecule has 17 heavy (non-hydrogen) atoms. The smallest absolute Gasteiger partial charge is 0.336 e. The highest BCUT2D eigenvalue weighted by Gasteiger charge is 2.10. The lowest BCUT2D eigenvalue weighted by molar-refractivity contribution is -0.118. The molecule has 0 heterocycles. The molecule has 88 valence electrons. The number of amides is 1. The van der Waals surface area contributed by atoms with Crippen LogP contribution in [-0.4, -0.2) is 29.3 Å². The van der Waals surface area contributed by atoms with Gasteiger partial charge in [0.2, 0.25) is 5.91 Å². The van der Waals surface area contributed by atoms with Crippen LogP contribution in [0.4, 0.5) is 0 Å². The second-order valence-corrected chi connectivity index (χ2v) is 4.09. The van der Waals surface area contributed by atoms with Crippen LogP contribution in [0.3, 0.4) is 0 Å². The molecule has 0 fully saturated rings. The molecule has 1 amide bonds. The van der Waals surface area contributed by atoms with E-state index in [1.807, 2.05) is 0 Å². The number of nitrogens with one attached hydrogen (secondary N) is 1. The molecule has 1 aromatic rings. The minimum atomic E-state index is -1.00. The van der Waals surface area contributed by atoms with E-state index in [4.69, 9.17) is 11.5 Å². The number of carboxylic acid groups (broad SMARTS) is 1. The molecule has 2 N–H and O–H groups in total. The fourth-order valence-electron chi connectivity index (χ4n) is 1.11. The Morgan fingerprint density at radius 2 is 2.12 bits per heavy atom. The molecule has 0 aliphatic rings. The third-order valence-electron chi connectivity index (χ3n) is 1.86. The van der Waals surface area contributed by atoms with Gasteiger partial charge in [-0.2, -0.15) is 0 Å². The Bertz CT molecular complexity index is 465. The van der Waals surface area contributed by atoms with Gasteiger partial charge < -0.3 is 10.4 Å². The van der Waals surface area contributed by atoms with Crippen molar-refractivity contribution in [3.05, 3.63) is 29.8 Å². The minimum Gasteiger partial charge on any atom is -0.478 e. The van der Waals surface area contributed by atoms with Crippen LogP contribution in [0.2, 0.25) is 0 Å². The number of terminal acetylenes is 1. The summed E-state index contributed by atoms with van der Waals surface area (Å²) in [6, 6.07) is 6.55. The molecule has 0 bridgehead atoms. The Kier molecular flexibility index (Phi) is 5.11. The first-order valence-electron chi connectivity index (χ1n) is 4.80. The van der Waals surface area contributed by atoms with E-state index in [1.165, 1.54) is 17.8 Å². The average Bonchev–Trinajstić information content (AvgIpc) is 2.34. The number of hydrogen-bond acceptors (Lipinski definition) is 3. The topological polar surface area (TPSA) is 66.4 Å². The normalized spacial score (nSPS) is 9.35. The zero-order valence-corrected chi connectivity index (χ0v) is 9.79. The highest BCUT2D eigenvalue weighted by molar-refractivity contribution is 8.00. The summed E-state index contributed by atoms with van der Waals surface area (Å²) < 4.78 is 0. The van der Waals surface area contributed by atoms with Gasteiger partial charge in [0.15, 0.2) is 0 Å². The SMILES string of the molecule is C#CCNC(=O)CSc1ccccc1C(=O)O. The fourth-order valence-corrected chi connectivity index (χ4v) is 1.99. The number of carbonyl (C=O) groups excluding carboxylic acids is 1. The van der Waals surface area contributed by atoms with Crippen molar-refractivity contribution < 1.29 is 14.7 Å². The third-order valence-corrected chi connectivity index (χ3v) is 2.94. The van der Waals surface area contributed by atoms with Gasteiger partial charge in [-0.1, -0.05) is 18.1 Å². The molecule has 0 atom stereocenters. The molecule has 5 heteroatoms. The number of aromatic carboxylic acids is 1. The first-order chi connectivity index (χ1) is 8.15. The predicted molar refractivity (Wildman–Crippen MR) is 66.0 cm³/mol. The number of hydrogen-bond donors (Lipinski definition) is 2. The fraction of sp³-hybridized carbons (Fsp3) is 0.167. The Hall–Kier alpha value is -1.93. The second kappa shape index (κ2) is 6.61. The van der Waals surface area contributed by atoms with E-state index in [2.05, 4.69) is 11.2 Å². The Labute approximate surface area is 103 Å². The van der Waals surface area contributed by atoms with Crippen molar-refractivity contribution in [3.63, 3.8) is 0 Å². The Morgan fingerprint density at radius 3 is 2.76 bits per heavy atom. The molecule has 0 saturated carbocycles. The number of carbonyl (C=O) groups is 2. The van der Waals surface area contributed by atoms with Crippen LogP contribution in [0, 0.1) is 12.3 Å². The number of rotatable bonds is 5. The Morgan fingerprint density at radius 1 is 1.41 bits per heavy atom. The molecule has 1 rings (SSSR count). The molecular weight excluding hydrogens is 238 g/mol. The van der Waals surface area contributed by atoms with Crippen molar-refractivity contribution >= 4 is 23.6 Å². The molecule has 4 nitrogen and oxygen atoms in total. The first kappa shape index (κ1) is 13.1. The van der Waals surface area contributed by atoms with E-state index >= 15 is 0 Å². The molecule has 0 aromatic heterocycles. The molecule has 0 radical (unpaired) electrons. The van der Waals surface area contributed by atoms with Crippen LogP contribution in [0.1, 0.15) is 10.4 Å². The highest BCUT2D eigenvalue weighted by Crippen LogP contribution is 2.22. The van der Waals surface area contributed by atoms with E-state index in [-0.39, 0.29) is 23.8 Å². The van der Waals surface area contributed by atoms with Gasteiger partial charge in [0.05, 0.1) is 17.9 Å². The van der Waals surface area contributed by atoms with E-state index in [9.17, 15) is 9.59 Å². The summed E-state index contributed by atoms with van der Waals surface area (Å²) in [4.78, 5) is 22.7. The zero-order chi connectivity index (χ0) is 12.7. The van der Waals surface area contributed by atoms with Crippen molar-refractivity contribution in [2.75, 3.05) is 12.3 Å². The standard InChI is InChI=1S/C12H11NO3S/c1-2-7-13-11(14)8-17-10-6-4-3-5-9(10)12(15)16/h1,3-6H,7-8H2,(H,13,14)(H,15,16). The summed E-state index contributed by atoms with van der Waals surface area (Å²) in [5, 5.41) is 11.4. The molecule has 1 aromatic carbocycles. The lowest BCUT2D eigenvalue weighted by Gasteiger charge is -2.05. The van der Waals surface area contributed by atoms with E-state index in [0.29, 0.717) is 4.90 Å². The van der Waals surface area contributed by atoms with Crippen molar-refractivity contribution in [2.24, 2.45) is 0 Å². The maximum Gasteiger partial charge on any atom is 0.336 e. The summed E-state index contributed by atoms with van der Waals surface area (Å²) in [6.45, 7) is 0.181. The summed E-state index contributed by atoms with van der Waals surface area (Å²) in [6.07, 6.45) is 5.00. The number of carboxylic acids is 1. The van der Waals surface area contributed by atoms with Crippen LogP contribution < -0.4 is 5.32 Å². The molecule has 0 aliphatic carbocycles. The maximum atomic E-state index is 11.3. The molecule has 0 saturated heterocycles. The summed E-state index contributed by atoms with van der Waals surface area (Å²) in [5.41, 5.74) is 0.197. The summed E-state index contributed by atoms with van der Waals surface area (Å²) >= 11 is 1.17. The highest BCUT2D eigenvalue weighted by atomic mass is 32.2. The Balaban J connectivity index is 2.61. The van der Waals surface area contributed by atoms with E-state index in [0.717, 1.165) is 0 Å². The van der Waals surface area contributed by atoms with Crippen LogP contribution in [-0.2, 0) is 4.79 Å². The van der Waals surface area contributed by atoms with Gasteiger partial charge in [-0.25, -0.2) is 4.79 Å². The van der Waals surface area contributed by atoms with E-state index in [1.54, 1.807) is 18.2 Å². The van der Waals surface area contributed by atoms with Gasteiger partial charge in [-0.3, -0.25) is 4.79 Å². The van der Waals surface area contributed by atoms with Gasteiger partial charge in [-0.15, -0.1) is 18.2 Å². The van der Waals surface area contributed by atoms with Crippen molar-refractivity contribution in [3.8, 4) is 12.3 Å². The largest absolute Gasteiger partial charge is 0.478 e. The quantitative estimate of drug-likeness (QED) is 0.608. The van der Waals surface area contributed by atoms with Gasteiger partial charge in [0.1, 0.15) is 0 Å². The lowest BCUT2D eigenvalue weighted by atomic mass is 10.2. The van der Waals surface area contributed by atoms with E-state index < -0.39 is 5.97 Å². The number of thioether (sulfide) groups is 1. The van der Waals surface area contributed by atoms with Gasteiger partial charge in [0.25, 0.3) is 0 Å². The van der Waals surface area contributed by atoms with Crippen molar-refractivity contribution in [1.82, 2.24) is 5.32 Å². The van der Waals surface area contributed by atoms with Crippen LogP contribution in [0.25, 0.3) is 0 Å². The molecule has 0 aliphatic heterocycles. The van der Waals surface area contributed by atoms with Crippen LogP contribution in [0.15, 0.2) is 29.2 Å². The van der Waals surface area contributed by atoms with Crippen molar-refractivity contribution in [1.29, 1.82) is 0 Å². The molecular formula is C12H11NO3S. The van der Waals surface area contributed by atoms with Crippen LogP contribution in [0.5, 0.6) is 0 Å². The summed E-state index contributed by atoms with van der Waals surface area (Å²) in [7, 11) is 0. The average molecular weight is 249 g/mol. The van der Waals surface area contributed by atoms with Crippen molar-refractivity contribution in [2.45, 2.75) is 4.90 Å². The lowest BCUT2D eigenvalue weighted by Crippen LogP contribution is -2.25. The third kappa shape index (κ3) is 4.21. The minimum absolute atomic E-state index is 0.145. The zero-order valence-electron chi connectivity index (χ0n) is 8.97. The second-order valence-electron chi connectivity index (χ2n) is 3.07. The van der Waals surface area contributed by atoms with Gasteiger partial charge >= 0.3 is 5.97 Å². The predicted octanol–water partition coefficient (Wildman–Crippen LogP) is 1.23. The molecule has 0 spiro atoms. The van der Waals surface area contributed by atoms with Gasteiger partial charge in [-0.05, 0) is 12.1 Å². The monoisotopic (exact) mass is 249 g/mol. The van der Waals surface area contributed by atoms with Gasteiger partial charge in [0, 0.05) is 4.90 Å².